The van der Waals surface area contributed by atoms with Crippen molar-refractivity contribution in [1.29, 1.82) is 0 Å². The monoisotopic (exact) mass is 273 g/mol. The predicted octanol–water partition coefficient (Wildman–Crippen LogP) is 2.46. The lowest BCUT2D eigenvalue weighted by Gasteiger charge is -2.21. The Morgan fingerprint density at radius 2 is 1.95 bits per heavy atom. The Morgan fingerprint density at radius 3 is 2.60 bits per heavy atom. The summed E-state index contributed by atoms with van der Waals surface area (Å²) in [7, 11) is 0. The molecule has 1 aliphatic heterocycles. The highest BCUT2D eigenvalue weighted by atomic mass is 16.6. The van der Waals surface area contributed by atoms with Crippen LogP contribution >= 0.6 is 0 Å². The first-order valence-electron chi connectivity index (χ1n) is 6.61. The third-order valence-corrected chi connectivity index (χ3v) is 2.90. The highest BCUT2D eigenvalue weighted by molar-refractivity contribution is 6.20. The summed E-state index contributed by atoms with van der Waals surface area (Å²) in [6.07, 6.45) is 1.70. The Balaban J connectivity index is 2.45. The topological polar surface area (TPSA) is 55.4 Å². The van der Waals surface area contributed by atoms with Gasteiger partial charge in [0, 0.05) is 17.7 Å². The molecule has 2 rings (SSSR count). The van der Waals surface area contributed by atoms with Crippen molar-refractivity contribution in [1.82, 2.24) is 5.32 Å². The number of fused-ring (bicyclic) bond motifs is 1. The fraction of sp³-hybridized carbons (Fsp3) is 0.375. The molecule has 0 unspecified atom stereocenters. The Kier molecular flexibility index (Phi) is 3.66. The van der Waals surface area contributed by atoms with E-state index in [2.05, 4.69) is 5.32 Å². The minimum Gasteiger partial charge on any atom is -0.456 e. The number of carbonyl (C=O) groups is 2. The van der Waals surface area contributed by atoms with Crippen LogP contribution < -0.4 is 5.32 Å². The molecule has 4 nitrogen and oxygen atoms in total. The Morgan fingerprint density at radius 1 is 1.25 bits per heavy atom. The van der Waals surface area contributed by atoms with Crippen LogP contribution in [0.15, 0.2) is 24.3 Å². The number of amides is 1. The Bertz CT molecular complexity index is 594. The second-order valence-electron chi connectivity index (χ2n) is 5.88. The molecule has 1 aromatic carbocycles. The van der Waals surface area contributed by atoms with Gasteiger partial charge < -0.3 is 10.1 Å². The number of rotatable bonds is 1. The van der Waals surface area contributed by atoms with Crippen molar-refractivity contribution in [2.75, 3.05) is 6.54 Å². The zero-order valence-electron chi connectivity index (χ0n) is 12.2. The number of carbonyl (C=O) groups excluding carboxylic acids is 2. The van der Waals surface area contributed by atoms with E-state index in [0.717, 1.165) is 5.56 Å². The summed E-state index contributed by atoms with van der Waals surface area (Å²) < 4.78 is 5.41. The molecule has 0 saturated carbocycles. The van der Waals surface area contributed by atoms with Crippen LogP contribution in [-0.4, -0.2) is 24.0 Å². The van der Waals surface area contributed by atoms with Gasteiger partial charge in [-0.25, -0.2) is 4.79 Å². The van der Waals surface area contributed by atoms with E-state index < -0.39 is 11.6 Å². The van der Waals surface area contributed by atoms with Gasteiger partial charge >= 0.3 is 5.97 Å². The number of hydrogen-bond donors (Lipinski definition) is 1. The molecule has 0 aromatic heterocycles. The molecule has 0 saturated heterocycles. The fourth-order valence-electron chi connectivity index (χ4n) is 2.06. The van der Waals surface area contributed by atoms with Gasteiger partial charge in [0.05, 0.1) is 5.57 Å². The highest BCUT2D eigenvalue weighted by Crippen LogP contribution is 2.25. The second-order valence-corrected chi connectivity index (χ2v) is 5.88. The largest absolute Gasteiger partial charge is 0.456 e. The predicted molar refractivity (Wildman–Crippen MR) is 77.3 cm³/mol. The van der Waals surface area contributed by atoms with E-state index in [1.54, 1.807) is 18.2 Å². The van der Waals surface area contributed by atoms with Crippen LogP contribution in [0.5, 0.6) is 0 Å². The van der Waals surface area contributed by atoms with Crippen LogP contribution in [0, 0.1) is 6.92 Å². The normalized spacial score (nSPS) is 14.8. The molecule has 106 valence electrons. The molecule has 1 N–H and O–H groups in total. The zero-order valence-corrected chi connectivity index (χ0v) is 12.2. The summed E-state index contributed by atoms with van der Waals surface area (Å²) in [6, 6.07) is 5.47. The standard InChI is InChI=1S/C16H19NO3/c1-10-5-6-11-12(15(19)20-16(2,3)4)7-8-17-14(18)13(11)9-10/h5-7,9H,8H2,1-4H3,(H,17,18). The number of aryl methyl sites for hydroxylation is 1. The van der Waals surface area contributed by atoms with Crippen LogP contribution in [0.25, 0.3) is 5.57 Å². The van der Waals surface area contributed by atoms with Crippen LogP contribution in [0.1, 0.15) is 42.3 Å². The van der Waals surface area contributed by atoms with Crippen molar-refractivity contribution in [2.45, 2.75) is 33.3 Å². The third-order valence-electron chi connectivity index (χ3n) is 2.90. The maximum atomic E-state index is 12.3. The van der Waals surface area contributed by atoms with Crippen molar-refractivity contribution < 1.29 is 14.3 Å². The molecule has 4 heteroatoms. The average molecular weight is 273 g/mol. The van der Waals surface area contributed by atoms with Crippen LogP contribution in [0.3, 0.4) is 0 Å². The number of esters is 1. The number of ether oxygens (including phenoxy) is 1. The van der Waals surface area contributed by atoms with Crippen molar-refractivity contribution in [2.24, 2.45) is 0 Å². The first-order valence-corrected chi connectivity index (χ1v) is 6.61. The summed E-state index contributed by atoms with van der Waals surface area (Å²) in [5, 5.41) is 2.75. The molecule has 1 aromatic rings. The van der Waals surface area contributed by atoms with Crippen LogP contribution in [0.4, 0.5) is 0 Å². The van der Waals surface area contributed by atoms with Gasteiger partial charge in [0.15, 0.2) is 0 Å². The second kappa shape index (κ2) is 5.12. The van der Waals surface area contributed by atoms with E-state index in [1.807, 2.05) is 33.8 Å². The van der Waals surface area contributed by atoms with Crippen LogP contribution in [0.2, 0.25) is 0 Å². The number of benzene rings is 1. The number of nitrogens with one attached hydrogen (secondary N) is 1. The molecule has 20 heavy (non-hydrogen) atoms. The SMILES string of the molecule is Cc1ccc2c(c1)C(=O)NCC=C2C(=O)OC(C)(C)C. The van der Waals surface area contributed by atoms with E-state index in [4.69, 9.17) is 4.74 Å². The molecule has 0 atom stereocenters. The molecular formula is C16H19NO3. The molecule has 0 bridgehead atoms. The molecule has 1 amide bonds. The van der Waals surface area contributed by atoms with E-state index in [1.165, 1.54) is 0 Å². The maximum absolute atomic E-state index is 12.3. The summed E-state index contributed by atoms with van der Waals surface area (Å²) in [5.41, 5.74) is 1.99. The van der Waals surface area contributed by atoms with Crippen molar-refractivity contribution in [3.8, 4) is 0 Å². The molecule has 0 spiro atoms. The van der Waals surface area contributed by atoms with Gasteiger partial charge in [-0.3, -0.25) is 4.79 Å². The first kappa shape index (κ1) is 14.3. The van der Waals surface area contributed by atoms with Gasteiger partial charge in [-0.15, -0.1) is 0 Å². The van der Waals surface area contributed by atoms with Crippen molar-refractivity contribution in [3.63, 3.8) is 0 Å². The molecule has 1 heterocycles. The summed E-state index contributed by atoms with van der Waals surface area (Å²) in [6.45, 7) is 7.70. The molecule has 1 aliphatic rings. The summed E-state index contributed by atoms with van der Waals surface area (Å²) >= 11 is 0. The molecular weight excluding hydrogens is 254 g/mol. The zero-order chi connectivity index (χ0) is 14.9. The maximum Gasteiger partial charge on any atom is 0.339 e. The van der Waals surface area contributed by atoms with Gasteiger partial charge in [0.25, 0.3) is 5.91 Å². The van der Waals surface area contributed by atoms with Crippen molar-refractivity contribution >= 4 is 17.4 Å². The minimum atomic E-state index is -0.563. The smallest absolute Gasteiger partial charge is 0.339 e. The average Bonchev–Trinajstić information content (AvgIpc) is 2.47. The highest BCUT2D eigenvalue weighted by Gasteiger charge is 2.25. The quantitative estimate of drug-likeness (QED) is 0.800. The summed E-state index contributed by atoms with van der Waals surface area (Å²) in [5.74, 6) is -0.572. The van der Waals surface area contributed by atoms with Crippen molar-refractivity contribution in [3.05, 3.63) is 41.0 Å². The fourth-order valence-corrected chi connectivity index (χ4v) is 2.06. The Labute approximate surface area is 118 Å². The van der Waals surface area contributed by atoms with E-state index in [9.17, 15) is 9.59 Å². The lowest BCUT2D eigenvalue weighted by atomic mass is 9.97. The van der Waals surface area contributed by atoms with E-state index in [0.29, 0.717) is 23.2 Å². The van der Waals surface area contributed by atoms with E-state index in [-0.39, 0.29) is 5.91 Å². The van der Waals surface area contributed by atoms with Gasteiger partial charge in [-0.05, 0) is 33.8 Å². The van der Waals surface area contributed by atoms with E-state index >= 15 is 0 Å². The number of hydrogen-bond acceptors (Lipinski definition) is 3. The molecule has 0 aliphatic carbocycles. The van der Waals surface area contributed by atoms with Gasteiger partial charge in [0.2, 0.25) is 0 Å². The molecule has 0 radical (unpaired) electrons. The lowest BCUT2D eigenvalue weighted by Crippen LogP contribution is -2.24. The van der Waals surface area contributed by atoms with Gasteiger partial charge in [-0.2, -0.15) is 0 Å². The van der Waals surface area contributed by atoms with Crippen LogP contribution in [-0.2, 0) is 9.53 Å². The third kappa shape index (κ3) is 3.07. The van der Waals surface area contributed by atoms with Gasteiger partial charge in [0.1, 0.15) is 5.60 Å². The molecule has 0 fully saturated rings. The lowest BCUT2D eigenvalue weighted by molar-refractivity contribution is -0.147. The first-order chi connectivity index (χ1) is 9.28. The summed E-state index contributed by atoms with van der Waals surface area (Å²) in [4.78, 5) is 24.3. The van der Waals surface area contributed by atoms with Gasteiger partial charge in [-0.1, -0.05) is 23.8 Å². The Hall–Kier alpha value is -2.10. The minimum absolute atomic E-state index is 0.168.